The van der Waals surface area contributed by atoms with Crippen LogP contribution in [-0.4, -0.2) is 39.0 Å². The molecule has 10 heteroatoms. The van der Waals surface area contributed by atoms with Gasteiger partial charge in [-0.05, 0) is 66.8 Å². The fraction of sp³-hybridized carbons (Fsp3) is 0.273. The summed E-state index contributed by atoms with van der Waals surface area (Å²) in [6.45, 7) is 0.0717. The highest BCUT2D eigenvalue weighted by atomic mass is 35.5. The molecule has 0 spiro atoms. The summed E-state index contributed by atoms with van der Waals surface area (Å²) in [6.07, 6.45) is 3.09. The van der Waals surface area contributed by atoms with Crippen LogP contribution in [0, 0.1) is 0 Å². The lowest BCUT2D eigenvalue weighted by Crippen LogP contribution is -2.39. The van der Waals surface area contributed by atoms with Gasteiger partial charge in [0.25, 0.3) is 11.8 Å². The minimum atomic E-state index is -0.866. The maximum absolute atomic E-state index is 13.2. The highest BCUT2D eigenvalue weighted by Gasteiger charge is 2.55. The quantitative estimate of drug-likeness (QED) is 0.567. The Balaban J connectivity index is 1.23. The van der Waals surface area contributed by atoms with E-state index in [4.69, 9.17) is 16.1 Å². The summed E-state index contributed by atoms with van der Waals surface area (Å²) in [4.78, 5) is 31.8. The van der Waals surface area contributed by atoms with Crippen molar-refractivity contribution in [3.63, 3.8) is 0 Å². The topological polar surface area (TPSA) is 104 Å². The van der Waals surface area contributed by atoms with Gasteiger partial charge in [-0.1, -0.05) is 28.0 Å². The molecule has 32 heavy (non-hydrogen) atoms. The first kappa shape index (κ1) is 19.1. The van der Waals surface area contributed by atoms with Crippen molar-refractivity contribution >= 4 is 29.1 Å². The molecule has 2 amide bonds. The number of carbonyl (C=O) groups is 2. The Kier molecular flexibility index (Phi) is 4.32. The van der Waals surface area contributed by atoms with Gasteiger partial charge in [-0.3, -0.25) is 14.6 Å². The van der Waals surface area contributed by atoms with Crippen molar-refractivity contribution in [3.05, 3.63) is 64.5 Å². The van der Waals surface area contributed by atoms with Crippen LogP contribution in [0.1, 0.15) is 23.4 Å². The van der Waals surface area contributed by atoms with E-state index in [1.165, 1.54) is 21.0 Å². The second-order valence-electron chi connectivity index (χ2n) is 8.03. The number of hydrogen-bond acceptors (Lipinski definition) is 8. The standard InChI is InChI=1S/C22H17ClN6O3/c23-15-7-4-13(5-8-15)20-24-17(32-26-20)11-28-19-18(25-27-28)21(30)29(22(19)31)16-9-6-12-2-1-3-14(12)10-16/h4-10,18-19H,1-3,11H2/t18-,19-/m1/s1. The summed E-state index contributed by atoms with van der Waals surface area (Å²) in [7, 11) is 0. The third kappa shape index (κ3) is 3.00. The zero-order valence-corrected chi connectivity index (χ0v) is 17.6. The van der Waals surface area contributed by atoms with Crippen molar-refractivity contribution in [1.82, 2.24) is 15.1 Å². The molecule has 0 bridgehead atoms. The number of nitrogens with zero attached hydrogens (tertiary/aromatic N) is 6. The van der Waals surface area contributed by atoms with Gasteiger partial charge in [-0.25, -0.2) is 4.90 Å². The molecule has 3 aromatic rings. The number of benzene rings is 2. The molecule has 2 aromatic carbocycles. The van der Waals surface area contributed by atoms with Crippen LogP contribution >= 0.6 is 11.6 Å². The van der Waals surface area contributed by atoms with Crippen molar-refractivity contribution < 1.29 is 14.1 Å². The van der Waals surface area contributed by atoms with Gasteiger partial charge in [0, 0.05) is 10.6 Å². The highest BCUT2D eigenvalue weighted by molar-refractivity contribution is 6.30. The van der Waals surface area contributed by atoms with Crippen LogP contribution in [0.15, 0.2) is 57.3 Å². The Bertz CT molecular complexity index is 1270. The lowest BCUT2D eigenvalue weighted by Gasteiger charge is -2.19. The molecule has 160 valence electrons. The van der Waals surface area contributed by atoms with Crippen molar-refractivity contribution in [2.24, 2.45) is 10.3 Å². The van der Waals surface area contributed by atoms with E-state index in [1.54, 1.807) is 24.3 Å². The van der Waals surface area contributed by atoms with E-state index >= 15 is 0 Å². The first-order valence-electron chi connectivity index (χ1n) is 10.3. The van der Waals surface area contributed by atoms with Crippen LogP contribution < -0.4 is 4.90 Å². The van der Waals surface area contributed by atoms with E-state index in [1.807, 2.05) is 18.2 Å². The molecule has 0 radical (unpaired) electrons. The first-order valence-corrected chi connectivity index (χ1v) is 10.7. The van der Waals surface area contributed by atoms with Crippen LogP contribution in [0.5, 0.6) is 0 Å². The zero-order valence-electron chi connectivity index (χ0n) is 16.8. The molecule has 1 fully saturated rings. The molecule has 2 aliphatic heterocycles. The van der Waals surface area contributed by atoms with Crippen LogP contribution in [0.25, 0.3) is 11.4 Å². The van der Waals surface area contributed by atoms with Gasteiger partial charge in [-0.2, -0.15) is 10.1 Å². The smallest absolute Gasteiger partial charge is 0.263 e. The Labute approximate surface area is 187 Å². The molecule has 3 aliphatic rings. The second kappa shape index (κ2) is 7.23. The lowest BCUT2D eigenvalue weighted by molar-refractivity contribution is -0.123. The fourth-order valence-corrected chi connectivity index (χ4v) is 4.61. The van der Waals surface area contributed by atoms with Crippen molar-refractivity contribution in [2.75, 3.05) is 4.90 Å². The number of anilines is 1. The normalized spacial score (nSPS) is 21.5. The average Bonchev–Trinajstić information content (AvgIpc) is 3.56. The molecule has 0 N–H and O–H groups in total. The Hall–Kier alpha value is -3.59. The molecular formula is C22H17ClN6O3. The van der Waals surface area contributed by atoms with Crippen molar-refractivity contribution in [1.29, 1.82) is 0 Å². The molecule has 1 aliphatic carbocycles. The molecule has 1 saturated heterocycles. The predicted molar refractivity (Wildman–Crippen MR) is 114 cm³/mol. The number of aromatic nitrogens is 2. The number of carbonyl (C=O) groups excluding carboxylic acids is 2. The highest BCUT2D eigenvalue weighted by Crippen LogP contribution is 2.35. The maximum Gasteiger partial charge on any atom is 0.263 e. The molecule has 9 nitrogen and oxygen atoms in total. The molecule has 6 rings (SSSR count). The Morgan fingerprint density at radius 2 is 1.84 bits per heavy atom. The van der Waals surface area contributed by atoms with Crippen LogP contribution in [-0.2, 0) is 29.0 Å². The summed E-state index contributed by atoms with van der Waals surface area (Å²) in [5.41, 5.74) is 3.81. The van der Waals surface area contributed by atoms with Gasteiger partial charge >= 0.3 is 0 Å². The molecule has 1 aromatic heterocycles. The average molecular weight is 449 g/mol. The summed E-state index contributed by atoms with van der Waals surface area (Å²) in [6, 6.07) is 11.1. The van der Waals surface area contributed by atoms with E-state index in [0.29, 0.717) is 16.5 Å². The number of rotatable bonds is 4. The fourth-order valence-electron chi connectivity index (χ4n) is 4.48. The van der Waals surface area contributed by atoms with Crippen LogP contribution in [0.4, 0.5) is 5.69 Å². The summed E-state index contributed by atoms with van der Waals surface area (Å²) < 4.78 is 5.34. The van der Waals surface area contributed by atoms with Gasteiger partial charge in [0.15, 0.2) is 12.1 Å². The SMILES string of the molecule is O=C1[C@@H]2N=NN(Cc3nc(-c4ccc(Cl)cc4)no3)[C@H]2C(=O)N1c1ccc2c(c1)CCC2. The predicted octanol–water partition coefficient (Wildman–Crippen LogP) is 3.37. The van der Waals surface area contributed by atoms with Crippen molar-refractivity contribution in [2.45, 2.75) is 37.9 Å². The molecule has 3 heterocycles. The Morgan fingerprint density at radius 3 is 2.69 bits per heavy atom. The van der Waals surface area contributed by atoms with Crippen LogP contribution in [0.3, 0.4) is 0 Å². The van der Waals surface area contributed by atoms with Gasteiger partial charge in [-0.15, -0.1) is 0 Å². The third-order valence-corrected chi connectivity index (χ3v) is 6.32. The molecule has 0 unspecified atom stereocenters. The van der Waals surface area contributed by atoms with E-state index in [0.717, 1.165) is 24.8 Å². The van der Waals surface area contributed by atoms with E-state index in [-0.39, 0.29) is 24.2 Å². The number of hydrogen-bond donors (Lipinski definition) is 0. The van der Waals surface area contributed by atoms with Crippen LogP contribution in [0.2, 0.25) is 5.02 Å². The number of amides is 2. The van der Waals surface area contributed by atoms with E-state index < -0.39 is 12.1 Å². The van der Waals surface area contributed by atoms with Gasteiger partial charge < -0.3 is 4.52 Å². The van der Waals surface area contributed by atoms with Crippen molar-refractivity contribution in [3.8, 4) is 11.4 Å². The summed E-state index contributed by atoms with van der Waals surface area (Å²) >= 11 is 5.92. The van der Waals surface area contributed by atoms with Gasteiger partial charge in [0.05, 0.1) is 5.69 Å². The van der Waals surface area contributed by atoms with E-state index in [9.17, 15) is 9.59 Å². The second-order valence-corrected chi connectivity index (χ2v) is 8.47. The van der Waals surface area contributed by atoms with Gasteiger partial charge in [0.2, 0.25) is 11.7 Å². The number of fused-ring (bicyclic) bond motifs is 2. The number of imide groups is 1. The Morgan fingerprint density at radius 1 is 1.03 bits per heavy atom. The first-order chi connectivity index (χ1) is 15.6. The summed E-state index contributed by atoms with van der Waals surface area (Å²) in [5, 5.41) is 14.1. The maximum atomic E-state index is 13.2. The zero-order chi connectivity index (χ0) is 21.8. The largest absolute Gasteiger partial charge is 0.337 e. The van der Waals surface area contributed by atoms with E-state index in [2.05, 4.69) is 20.5 Å². The number of aryl methyl sites for hydroxylation is 2. The molecular weight excluding hydrogens is 432 g/mol. The molecule has 2 atom stereocenters. The monoisotopic (exact) mass is 448 g/mol. The minimum Gasteiger partial charge on any atom is -0.337 e. The lowest BCUT2D eigenvalue weighted by atomic mass is 10.1. The third-order valence-electron chi connectivity index (χ3n) is 6.07. The van der Waals surface area contributed by atoms with Gasteiger partial charge in [0.1, 0.15) is 6.54 Å². The number of halogens is 1. The molecule has 0 saturated carbocycles. The minimum absolute atomic E-state index is 0.0717. The summed E-state index contributed by atoms with van der Waals surface area (Å²) in [5.74, 6) is -0.0410.